The van der Waals surface area contributed by atoms with Crippen molar-refractivity contribution in [3.63, 3.8) is 0 Å². The number of rotatable bonds is 1. The van der Waals surface area contributed by atoms with E-state index in [0.717, 1.165) is 23.0 Å². The number of nitrogens with zero attached hydrogens (tertiary/aromatic N) is 1. The molecule has 3 heteroatoms. The van der Waals surface area contributed by atoms with Gasteiger partial charge in [-0.1, -0.05) is 28.9 Å². The van der Waals surface area contributed by atoms with Crippen LogP contribution in [0.3, 0.4) is 0 Å². The lowest BCUT2D eigenvalue weighted by Crippen LogP contribution is -2.36. The van der Waals surface area contributed by atoms with Crippen molar-refractivity contribution in [1.82, 2.24) is 0 Å². The van der Waals surface area contributed by atoms with Crippen LogP contribution in [0.25, 0.3) is 0 Å². The Morgan fingerprint density at radius 2 is 2.18 bits per heavy atom. The summed E-state index contributed by atoms with van der Waals surface area (Å²) >= 11 is 3.48. The zero-order chi connectivity index (χ0) is 12.0. The molecule has 90 valence electrons. The van der Waals surface area contributed by atoms with Gasteiger partial charge in [0.1, 0.15) is 0 Å². The van der Waals surface area contributed by atoms with Crippen molar-refractivity contribution in [3.8, 4) is 0 Å². The molecule has 1 saturated heterocycles. The molecule has 2 nitrogen and oxygen atoms in total. The summed E-state index contributed by atoms with van der Waals surface area (Å²) in [6, 6.07) is 8.50. The Hall–Kier alpha value is -0.830. The van der Waals surface area contributed by atoms with E-state index in [0.29, 0.717) is 17.9 Å². The summed E-state index contributed by atoms with van der Waals surface area (Å²) in [7, 11) is 0. The fourth-order valence-corrected chi connectivity index (χ4v) is 3.57. The molecule has 1 aromatic rings. The van der Waals surface area contributed by atoms with Gasteiger partial charge in [-0.25, -0.2) is 0 Å². The van der Waals surface area contributed by atoms with Gasteiger partial charge in [-0.3, -0.25) is 4.79 Å². The number of halogens is 1. The Balaban J connectivity index is 1.99. The Morgan fingerprint density at radius 1 is 1.35 bits per heavy atom. The predicted octanol–water partition coefficient (Wildman–Crippen LogP) is 3.60. The average Bonchev–Trinajstić information content (AvgIpc) is 2.58. The van der Waals surface area contributed by atoms with E-state index in [-0.39, 0.29) is 5.92 Å². The highest BCUT2D eigenvalue weighted by Crippen LogP contribution is 2.42. The van der Waals surface area contributed by atoms with Crippen LogP contribution in [0.2, 0.25) is 0 Å². The molecule has 17 heavy (non-hydrogen) atoms. The van der Waals surface area contributed by atoms with E-state index in [1.54, 1.807) is 0 Å². The lowest BCUT2D eigenvalue weighted by Gasteiger charge is -2.30. The van der Waals surface area contributed by atoms with Crippen LogP contribution in [0, 0.1) is 11.8 Å². The number of fused-ring (bicyclic) bond motifs is 2. The van der Waals surface area contributed by atoms with Crippen molar-refractivity contribution < 1.29 is 4.79 Å². The maximum atomic E-state index is 12.4. The van der Waals surface area contributed by atoms with Crippen molar-refractivity contribution in [2.24, 2.45) is 11.8 Å². The van der Waals surface area contributed by atoms with Crippen molar-refractivity contribution in [2.75, 3.05) is 4.90 Å². The first-order valence-corrected chi connectivity index (χ1v) is 7.05. The molecule has 1 aliphatic carbocycles. The number of hydrogen-bond acceptors (Lipinski definition) is 1. The quantitative estimate of drug-likeness (QED) is 0.775. The van der Waals surface area contributed by atoms with Crippen molar-refractivity contribution in [2.45, 2.75) is 32.2 Å². The van der Waals surface area contributed by atoms with E-state index in [9.17, 15) is 4.79 Å². The zero-order valence-corrected chi connectivity index (χ0v) is 11.5. The second-order valence-corrected chi connectivity index (χ2v) is 6.16. The molecule has 2 aliphatic rings. The maximum Gasteiger partial charge on any atom is 0.230 e. The van der Waals surface area contributed by atoms with Crippen LogP contribution in [0.1, 0.15) is 26.2 Å². The van der Waals surface area contributed by atoms with Crippen molar-refractivity contribution in [1.29, 1.82) is 0 Å². The summed E-state index contributed by atoms with van der Waals surface area (Å²) in [6.45, 7) is 2.27. The van der Waals surface area contributed by atoms with Gasteiger partial charge in [0.15, 0.2) is 0 Å². The van der Waals surface area contributed by atoms with Crippen molar-refractivity contribution in [3.05, 3.63) is 28.7 Å². The highest BCUT2D eigenvalue weighted by Gasteiger charge is 2.45. The third-order valence-electron chi connectivity index (χ3n) is 4.16. The Labute approximate surface area is 110 Å². The summed E-state index contributed by atoms with van der Waals surface area (Å²) in [5, 5.41) is 0. The van der Waals surface area contributed by atoms with Crippen LogP contribution in [-0.2, 0) is 4.79 Å². The van der Waals surface area contributed by atoms with E-state index >= 15 is 0 Å². The summed E-state index contributed by atoms with van der Waals surface area (Å²) in [6.07, 6.45) is 3.30. The molecule has 3 atom stereocenters. The molecule has 3 rings (SSSR count). The largest absolute Gasteiger partial charge is 0.309 e. The third-order valence-corrected chi connectivity index (χ3v) is 4.65. The van der Waals surface area contributed by atoms with Gasteiger partial charge in [0, 0.05) is 22.1 Å². The van der Waals surface area contributed by atoms with E-state index in [2.05, 4.69) is 22.9 Å². The predicted molar refractivity (Wildman–Crippen MR) is 71.9 cm³/mol. The van der Waals surface area contributed by atoms with Crippen LogP contribution in [0.5, 0.6) is 0 Å². The Bertz CT molecular complexity index is 459. The highest BCUT2D eigenvalue weighted by atomic mass is 79.9. The second kappa shape index (κ2) is 4.13. The second-order valence-electron chi connectivity index (χ2n) is 5.24. The SMILES string of the molecule is C[C@@H]1CC[C@H]2C[C@@H]1N(c1cccc(Br)c1)C2=O. The summed E-state index contributed by atoms with van der Waals surface area (Å²) in [4.78, 5) is 14.4. The normalized spacial score (nSPS) is 32.0. The number of amides is 1. The molecule has 1 amide bonds. The van der Waals surface area contributed by atoms with Gasteiger partial charge in [0.2, 0.25) is 5.91 Å². The molecule has 1 aliphatic heterocycles. The van der Waals surface area contributed by atoms with Crippen LogP contribution in [0.4, 0.5) is 5.69 Å². The summed E-state index contributed by atoms with van der Waals surface area (Å²) in [5.41, 5.74) is 1.05. The maximum absolute atomic E-state index is 12.4. The minimum Gasteiger partial charge on any atom is -0.309 e. The average molecular weight is 294 g/mol. The molecule has 1 heterocycles. The minimum atomic E-state index is 0.273. The standard InChI is InChI=1S/C14H16BrNO/c1-9-5-6-10-7-13(9)16(14(10)17)12-4-2-3-11(15)8-12/h2-4,8-10,13H,5-7H2,1H3/t9-,10+,13+/m1/s1. The Morgan fingerprint density at radius 3 is 2.94 bits per heavy atom. The summed E-state index contributed by atoms with van der Waals surface area (Å²) < 4.78 is 1.04. The third kappa shape index (κ3) is 1.81. The molecule has 0 N–H and O–H groups in total. The number of carbonyl (C=O) groups excluding carboxylic acids is 1. The van der Waals surface area contributed by atoms with E-state index in [1.165, 1.54) is 6.42 Å². The van der Waals surface area contributed by atoms with Gasteiger partial charge < -0.3 is 4.90 Å². The first kappa shape index (κ1) is 11.3. The lowest BCUT2D eigenvalue weighted by molar-refractivity contribution is -0.120. The summed E-state index contributed by atoms with van der Waals surface area (Å²) in [5.74, 6) is 1.23. The Kier molecular flexibility index (Phi) is 2.74. The monoisotopic (exact) mass is 293 g/mol. The van der Waals surface area contributed by atoms with E-state index in [4.69, 9.17) is 0 Å². The fourth-order valence-electron chi connectivity index (χ4n) is 3.19. The molecule has 2 bridgehead atoms. The number of benzene rings is 1. The van der Waals surface area contributed by atoms with E-state index < -0.39 is 0 Å². The smallest absolute Gasteiger partial charge is 0.230 e. The molecule has 0 radical (unpaired) electrons. The van der Waals surface area contributed by atoms with Crippen LogP contribution < -0.4 is 4.90 Å². The van der Waals surface area contributed by atoms with Crippen molar-refractivity contribution >= 4 is 27.5 Å². The van der Waals surface area contributed by atoms with Gasteiger partial charge in [-0.15, -0.1) is 0 Å². The molecular weight excluding hydrogens is 278 g/mol. The first-order chi connectivity index (χ1) is 8.16. The highest BCUT2D eigenvalue weighted by molar-refractivity contribution is 9.10. The fraction of sp³-hybridized carbons (Fsp3) is 0.500. The van der Waals surface area contributed by atoms with Gasteiger partial charge in [0.05, 0.1) is 0 Å². The molecule has 0 unspecified atom stereocenters. The minimum absolute atomic E-state index is 0.273. The lowest BCUT2D eigenvalue weighted by atomic mass is 9.83. The van der Waals surface area contributed by atoms with Crippen LogP contribution in [-0.4, -0.2) is 11.9 Å². The van der Waals surface area contributed by atoms with E-state index in [1.807, 2.05) is 29.2 Å². The zero-order valence-electron chi connectivity index (χ0n) is 9.90. The van der Waals surface area contributed by atoms with Crippen LogP contribution in [0.15, 0.2) is 28.7 Å². The molecule has 1 aromatic carbocycles. The molecular formula is C14H16BrNO. The van der Waals surface area contributed by atoms with Gasteiger partial charge in [-0.2, -0.15) is 0 Å². The van der Waals surface area contributed by atoms with Gasteiger partial charge in [0.25, 0.3) is 0 Å². The number of hydrogen-bond donors (Lipinski definition) is 0. The number of carbonyl (C=O) groups is 1. The van der Waals surface area contributed by atoms with Gasteiger partial charge in [-0.05, 0) is 43.4 Å². The van der Waals surface area contributed by atoms with Gasteiger partial charge >= 0.3 is 0 Å². The molecule has 0 spiro atoms. The number of anilines is 1. The topological polar surface area (TPSA) is 20.3 Å². The van der Waals surface area contributed by atoms with Crippen LogP contribution >= 0.6 is 15.9 Å². The molecule has 1 saturated carbocycles. The molecule has 0 aromatic heterocycles. The first-order valence-electron chi connectivity index (χ1n) is 6.25. The molecule has 2 fully saturated rings.